The minimum atomic E-state index is 0.862. The maximum atomic E-state index is 3.99. The quantitative estimate of drug-likeness (QED) is 0.646. The first-order chi connectivity index (χ1) is 6.09. The molecule has 1 nitrogen and oxygen atoms in total. The summed E-state index contributed by atoms with van der Waals surface area (Å²) in [5.41, 5.74) is 1.24. The Balaban J connectivity index is 2.26. The fraction of sp³-hybridized carbons (Fsp3) is 0.833. The summed E-state index contributed by atoms with van der Waals surface area (Å²) in [5.74, 6) is 1.83. The van der Waals surface area contributed by atoms with Gasteiger partial charge in [-0.05, 0) is 38.0 Å². The molecule has 1 aliphatic rings. The van der Waals surface area contributed by atoms with Crippen LogP contribution >= 0.6 is 0 Å². The average molecular weight is 181 g/mol. The van der Waals surface area contributed by atoms with E-state index in [1.54, 1.807) is 0 Å². The van der Waals surface area contributed by atoms with Crippen molar-refractivity contribution in [3.63, 3.8) is 0 Å². The van der Waals surface area contributed by atoms with Crippen LogP contribution in [-0.4, -0.2) is 18.0 Å². The van der Waals surface area contributed by atoms with Crippen LogP contribution in [0.3, 0.4) is 0 Å². The molecule has 76 valence electrons. The Morgan fingerprint density at radius 2 is 1.92 bits per heavy atom. The van der Waals surface area contributed by atoms with E-state index in [1.165, 1.54) is 38.0 Å². The Morgan fingerprint density at radius 3 is 2.31 bits per heavy atom. The van der Waals surface area contributed by atoms with Crippen molar-refractivity contribution in [2.75, 3.05) is 13.1 Å². The van der Waals surface area contributed by atoms with Crippen LogP contribution in [0.2, 0.25) is 0 Å². The van der Waals surface area contributed by atoms with Crippen molar-refractivity contribution in [2.45, 2.75) is 40.0 Å². The van der Waals surface area contributed by atoms with Gasteiger partial charge in [0.05, 0.1) is 0 Å². The first kappa shape index (κ1) is 10.6. The van der Waals surface area contributed by atoms with E-state index in [0.717, 1.165) is 11.8 Å². The Hall–Kier alpha value is -0.460. The van der Waals surface area contributed by atoms with Crippen LogP contribution < -0.4 is 0 Å². The third-order valence-corrected chi connectivity index (χ3v) is 2.96. The molecule has 0 atom stereocenters. The zero-order valence-electron chi connectivity index (χ0n) is 9.34. The van der Waals surface area contributed by atoms with Crippen LogP contribution in [0.5, 0.6) is 0 Å². The van der Waals surface area contributed by atoms with Crippen LogP contribution in [0.4, 0.5) is 0 Å². The molecule has 0 aromatic heterocycles. The summed E-state index contributed by atoms with van der Waals surface area (Å²) in [6, 6.07) is 0. The molecule has 0 saturated carbocycles. The molecule has 1 heteroatoms. The molecule has 0 aliphatic carbocycles. The predicted octanol–water partition coefficient (Wildman–Crippen LogP) is 3.28. The van der Waals surface area contributed by atoms with Crippen molar-refractivity contribution in [1.29, 1.82) is 0 Å². The molecular formula is C12H23N. The van der Waals surface area contributed by atoms with Crippen LogP contribution in [0.15, 0.2) is 12.3 Å². The highest BCUT2D eigenvalue weighted by Crippen LogP contribution is 2.25. The molecule has 0 radical (unpaired) electrons. The second-order valence-electron chi connectivity index (χ2n) is 4.80. The summed E-state index contributed by atoms with van der Waals surface area (Å²) in [4.78, 5) is 2.41. The fourth-order valence-corrected chi connectivity index (χ4v) is 2.22. The molecule has 0 aromatic rings. The van der Waals surface area contributed by atoms with Crippen molar-refractivity contribution in [2.24, 2.45) is 11.8 Å². The zero-order chi connectivity index (χ0) is 9.84. The van der Waals surface area contributed by atoms with E-state index in [0.29, 0.717) is 0 Å². The highest BCUT2D eigenvalue weighted by Gasteiger charge is 2.19. The number of hydrogen-bond acceptors (Lipinski definition) is 1. The van der Waals surface area contributed by atoms with Crippen molar-refractivity contribution >= 4 is 0 Å². The topological polar surface area (TPSA) is 3.24 Å². The first-order valence-corrected chi connectivity index (χ1v) is 5.50. The van der Waals surface area contributed by atoms with Gasteiger partial charge in [-0.2, -0.15) is 0 Å². The van der Waals surface area contributed by atoms with E-state index in [2.05, 4.69) is 32.3 Å². The number of likely N-dealkylation sites (tertiary alicyclic amines) is 1. The normalized spacial score (nSPS) is 19.5. The Morgan fingerprint density at radius 1 is 1.38 bits per heavy atom. The number of nitrogens with zero attached hydrogens (tertiary/aromatic N) is 1. The Bertz CT molecular complexity index is 164. The lowest BCUT2D eigenvalue weighted by atomic mass is 9.88. The van der Waals surface area contributed by atoms with Crippen LogP contribution in [-0.2, 0) is 0 Å². The summed E-state index contributed by atoms with van der Waals surface area (Å²) in [5, 5.41) is 0. The van der Waals surface area contributed by atoms with Crippen molar-refractivity contribution in [3.8, 4) is 0 Å². The zero-order valence-corrected chi connectivity index (χ0v) is 9.34. The molecular weight excluding hydrogens is 158 g/mol. The molecule has 0 unspecified atom stereocenters. The van der Waals surface area contributed by atoms with Crippen molar-refractivity contribution in [3.05, 3.63) is 12.3 Å². The van der Waals surface area contributed by atoms with Crippen LogP contribution in [0.25, 0.3) is 0 Å². The molecule has 1 rings (SSSR count). The van der Waals surface area contributed by atoms with Gasteiger partial charge in [-0.25, -0.2) is 0 Å². The second-order valence-corrected chi connectivity index (χ2v) is 4.80. The second kappa shape index (κ2) is 4.69. The molecule has 1 saturated heterocycles. The van der Waals surface area contributed by atoms with E-state index in [4.69, 9.17) is 0 Å². The maximum absolute atomic E-state index is 3.99. The highest BCUT2D eigenvalue weighted by molar-refractivity contribution is 4.91. The third kappa shape index (κ3) is 3.41. The largest absolute Gasteiger partial charge is 0.376 e. The third-order valence-electron chi connectivity index (χ3n) is 2.96. The molecule has 13 heavy (non-hydrogen) atoms. The summed E-state index contributed by atoms with van der Waals surface area (Å²) < 4.78 is 0. The van der Waals surface area contributed by atoms with Crippen LogP contribution in [0.1, 0.15) is 40.0 Å². The fourth-order valence-electron chi connectivity index (χ4n) is 2.22. The van der Waals surface area contributed by atoms with Crippen LogP contribution in [0, 0.1) is 11.8 Å². The Labute approximate surface area is 82.8 Å². The van der Waals surface area contributed by atoms with Crippen molar-refractivity contribution < 1.29 is 0 Å². The predicted molar refractivity (Wildman–Crippen MR) is 58.6 cm³/mol. The number of hydrogen-bond donors (Lipinski definition) is 0. The summed E-state index contributed by atoms with van der Waals surface area (Å²) in [7, 11) is 0. The minimum absolute atomic E-state index is 0.862. The molecule has 1 fully saturated rings. The van der Waals surface area contributed by atoms with Gasteiger partial charge in [-0.3, -0.25) is 0 Å². The molecule has 0 aromatic carbocycles. The van der Waals surface area contributed by atoms with Gasteiger partial charge in [0.2, 0.25) is 0 Å². The molecule has 1 aliphatic heterocycles. The van der Waals surface area contributed by atoms with Gasteiger partial charge in [0, 0.05) is 18.8 Å². The summed E-state index contributed by atoms with van der Waals surface area (Å²) >= 11 is 0. The van der Waals surface area contributed by atoms with E-state index in [1.807, 2.05) is 0 Å². The molecule has 0 bridgehead atoms. The number of rotatable bonds is 3. The summed E-state index contributed by atoms with van der Waals surface area (Å²) in [6.45, 7) is 13.2. The van der Waals surface area contributed by atoms with Gasteiger partial charge in [-0.1, -0.05) is 20.4 Å². The standard InChI is InChI=1S/C12H23N/c1-10(2)9-12-5-7-13(8-6-12)11(3)4/h10,12H,3,5-9H2,1-2,4H3. The van der Waals surface area contributed by atoms with Gasteiger partial charge >= 0.3 is 0 Å². The molecule has 0 spiro atoms. The van der Waals surface area contributed by atoms with Crippen molar-refractivity contribution in [1.82, 2.24) is 4.90 Å². The van der Waals surface area contributed by atoms with Gasteiger partial charge in [0.25, 0.3) is 0 Å². The molecule has 0 amide bonds. The molecule has 0 N–H and O–H groups in total. The van der Waals surface area contributed by atoms with E-state index >= 15 is 0 Å². The lowest BCUT2D eigenvalue weighted by Gasteiger charge is -2.34. The Kier molecular flexibility index (Phi) is 3.83. The number of piperidine rings is 1. The summed E-state index contributed by atoms with van der Waals surface area (Å²) in [6.07, 6.45) is 4.14. The van der Waals surface area contributed by atoms with E-state index < -0.39 is 0 Å². The van der Waals surface area contributed by atoms with Gasteiger partial charge in [0.15, 0.2) is 0 Å². The molecule has 1 heterocycles. The van der Waals surface area contributed by atoms with E-state index in [9.17, 15) is 0 Å². The van der Waals surface area contributed by atoms with Gasteiger partial charge in [-0.15, -0.1) is 0 Å². The first-order valence-electron chi connectivity index (χ1n) is 5.50. The SMILES string of the molecule is C=C(C)N1CCC(CC(C)C)CC1. The smallest absolute Gasteiger partial charge is 0.0177 e. The lowest BCUT2D eigenvalue weighted by Crippen LogP contribution is -2.32. The minimum Gasteiger partial charge on any atom is -0.376 e. The van der Waals surface area contributed by atoms with Gasteiger partial charge in [0.1, 0.15) is 0 Å². The van der Waals surface area contributed by atoms with Gasteiger partial charge < -0.3 is 4.90 Å². The average Bonchev–Trinajstić information content (AvgIpc) is 2.04. The maximum Gasteiger partial charge on any atom is 0.0177 e. The number of allylic oxidation sites excluding steroid dienone is 1. The van der Waals surface area contributed by atoms with E-state index in [-0.39, 0.29) is 0 Å². The lowest BCUT2D eigenvalue weighted by molar-refractivity contribution is 0.208. The highest BCUT2D eigenvalue weighted by atomic mass is 15.1. The monoisotopic (exact) mass is 181 g/mol.